The fourth-order valence-corrected chi connectivity index (χ4v) is 3.34. The minimum atomic E-state index is 0.0156. The van der Waals surface area contributed by atoms with E-state index in [1.165, 1.54) is 0 Å². The Kier molecular flexibility index (Phi) is 6.02. The van der Waals surface area contributed by atoms with Crippen LogP contribution in [0.4, 0.5) is 10.5 Å². The maximum Gasteiger partial charge on any atom is 0.317 e. The predicted molar refractivity (Wildman–Crippen MR) is 98.4 cm³/mol. The minimum Gasteiger partial charge on any atom is -0.489 e. The normalized spacial score (nSPS) is 20.8. The number of hydrogen-bond acceptors (Lipinski definition) is 4. The van der Waals surface area contributed by atoms with Gasteiger partial charge in [0.05, 0.1) is 17.9 Å². The van der Waals surface area contributed by atoms with Crippen molar-refractivity contribution in [1.82, 2.24) is 10.2 Å². The van der Waals surface area contributed by atoms with E-state index in [0.29, 0.717) is 19.6 Å². The number of piperazine rings is 1. The third kappa shape index (κ3) is 4.78. The molecular formula is C19H29N3O3. The first-order valence-corrected chi connectivity index (χ1v) is 9.28. The lowest BCUT2D eigenvalue weighted by molar-refractivity contribution is 0.108. The summed E-state index contributed by atoms with van der Waals surface area (Å²) in [4.78, 5) is 16.5. The Bertz CT molecular complexity index is 565. The number of para-hydroxylation sites is 2. The largest absolute Gasteiger partial charge is 0.489 e. The fraction of sp³-hybridized carbons (Fsp3) is 0.632. The standard InChI is InChI=1S/C19H29N3O3/c1-15(2)25-18-8-4-3-7-17(18)21-9-11-22(12-10-21)19(23)20-14-16-6-5-13-24-16/h3-4,7-8,15-16H,5-6,9-14H2,1-2H3,(H,20,23). The van der Waals surface area contributed by atoms with Crippen LogP contribution in [0.3, 0.4) is 0 Å². The molecule has 2 heterocycles. The van der Waals surface area contributed by atoms with E-state index in [2.05, 4.69) is 16.3 Å². The molecule has 2 aliphatic rings. The maximum atomic E-state index is 12.3. The fourth-order valence-electron chi connectivity index (χ4n) is 3.34. The summed E-state index contributed by atoms with van der Waals surface area (Å²) in [5.41, 5.74) is 1.11. The zero-order chi connectivity index (χ0) is 17.6. The Balaban J connectivity index is 1.50. The van der Waals surface area contributed by atoms with Crippen LogP contribution in [0.5, 0.6) is 5.75 Å². The van der Waals surface area contributed by atoms with Crippen molar-refractivity contribution in [2.45, 2.75) is 38.9 Å². The van der Waals surface area contributed by atoms with Gasteiger partial charge in [-0.05, 0) is 38.8 Å². The number of nitrogens with zero attached hydrogens (tertiary/aromatic N) is 2. The van der Waals surface area contributed by atoms with Crippen molar-refractivity contribution in [2.75, 3.05) is 44.2 Å². The zero-order valence-electron chi connectivity index (χ0n) is 15.2. The van der Waals surface area contributed by atoms with Crippen LogP contribution in [0.1, 0.15) is 26.7 Å². The molecule has 25 heavy (non-hydrogen) atoms. The van der Waals surface area contributed by atoms with E-state index in [-0.39, 0.29) is 18.2 Å². The lowest BCUT2D eigenvalue weighted by Gasteiger charge is -2.37. The van der Waals surface area contributed by atoms with E-state index in [1.807, 2.05) is 36.9 Å². The molecule has 6 nitrogen and oxygen atoms in total. The Labute approximate surface area is 150 Å². The highest BCUT2D eigenvalue weighted by atomic mass is 16.5. The summed E-state index contributed by atoms with van der Waals surface area (Å²) in [6, 6.07) is 8.14. The number of nitrogens with one attached hydrogen (secondary N) is 1. The van der Waals surface area contributed by atoms with Crippen LogP contribution in [0.2, 0.25) is 0 Å². The van der Waals surface area contributed by atoms with Crippen LogP contribution >= 0.6 is 0 Å². The van der Waals surface area contributed by atoms with Crippen molar-refractivity contribution in [3.05, 3.63) is 24.3 Å². The van der Waals surface area contributed by atoms with E-state index in [1.54, 1.807) is 0 Å². The van der Waals surface area contributed by atoms with Gasteiger partial charge in [-0.2, -0.15) is 0 Å². The lowest BCUT2D eigenvalue weighted by Crippen LogP contribution is -2.52. The highest BCUT2D eigenvalue weighted by Gasteiger charge is 2.24. The molecule has 3 rings (SSSR count). The first-order chi connectivity index (χ1) is 12.1. The Morgan fingerprint density at radius 1 is 1.28 bits per heavy atom. The number of rotatable bonds is 5. The van der Waals surface area contributed by atoms with E-state index >= 15 is 0 Å². The van der Waals surface area contributed by atoms with Gasteiger partial charge in [0.25, 0.3) is 0 Å². The van der Waals surface area contributed by atoms with Gasteiger partial charge in [-0.3, -0.25) is 0 Å². The van der Waals surface area contributed by atoms with E-state index in [4.69, 9.17) is 9.47 Å². The second kappa shape index (κ2) is 8.43. The highest BCUT2D eigenvalue weighted by Crippen LogP contribution is 2.29. The molecule has 2 fully saturated rings. The van der Waals surface area contributed by atoms with E-state index < -0.39 is 0 Å². The number of urea groups is 1. The summed E-state index contributed by atoms with van der Waals surface area (Å²) >= 11 is 0. The molecule has 0 saturated carbocycles. The number of amides is 2. The van der Waals surface area contributed by atoms with Crippen LogP contribution in [0.25, 0.3) is 0 Å². The van der Waals surface area contributed by atoms with Gasteiger partial charge in [0, 0.05) is 39.3 Å². The van der Waals surface area contributed by atoms with Gasteiger partial charge >= 0.3 is 6.03 Å². The van der Waals surface area contributed by atoms with Crippen molar-refractivity contribution >= 4 is 11.7 Å². The third-order valence-electron chi connectivity index (χ3n) is 4.64. The molecule has 1 aromatic carbocycles. The number of anilines is 1. The molecule has 1 unspecified atom stereocenters. The van der Waals surface area contributed by atoms with Crippen molar-refractivity contribution in [1.29, 1.82) is 0 Å². The monoisotopic (exact) mass is 347 g/mol. The molecule has 1 atom stereocenters. The first kappa shape index (κ1) is 17.9. The molecule has 6 heteroatoms. The first-order valence-electron chi connectivity index (χ1n) is 9.28. The summed E-state index contributed by atoms with van der Waals surface area (Å²) in [5, 5.41) is 3.01. The average molecular weight is 347 g/mol. The van der Waals surface area contributed by atoms with Gasteiger partial charge in [-0.1, -0.05) is 12.1 Å². The molecule has 1 aromatic rings. The lowest BCUT2D eigenvalue weighted by atomic mass is 10.2. The van der Waals surface area contributed by atoms with Crippen molar-refractivity contribution in [3.63, 3.8) is 0 Å². The Morgan fingerprint density at radius 2 is 2.04 bits per heavy atom. The molecule has 0 aliphatic carbocycles. The van der Waals surface area contributed by atoms with Crippen LogP contribution in [-0.4, -0.2) is 62.5 Å². The van der Waals surface area contributed by atoms with Gasteiger partial charge in [-0.25, -0.2) is 4.79 Å². The van der Waals surface area contributed by atoms with Crippen molar-refractivity contribution in [2.24, 2.45) is 0 Å². The smallest absolute Gasteiger partial charge is 0.317 e. The second-order valence-corrected chi connectivity index (χ2v) is 6.93. The van der Waals surface area contributed by atoms with E-state index in [9.17, 15) is 4.79 Å². The molecule has 0 bridgehead atoms. The molecule has 0 aromatic heterocycles. The van der Waals surface area contributed by atoms with Gasteiger partial charge in [-0.15, -0.1) is 0 Å². The summed E-state index contributed by atoms with van der Waals surface area (Å²) in [7, 11) is 0. The summed E-state index contributed by atoms with van der Waals surface area (Å²) in [6.45, 7) is 8.56. The molecule has 2 saturated heterocycles. The quantitative estimate of drug-likeness (QED) is 0.889. The van der Waals surface area contributed by atoms with Crippen LogP contribution in [-0.2, 0) is 4.74 Å². The van der Waals surface area contributed by atoms with Gasteiger partial charge in [0.2, 0.25) is 0 Å². The number of carbonyl (C=O) groups excluding carboxylic acids is 1. The van der Waals surface area contributed by atoms with E-state index in [0.717, 1.165) is 44.0 Å². The van der Waals surface area contributed by atoms with Gasteiger partial charge < -0.3 is 24.6 Å². The summed E-state index contributed by atoms with van der Waals surface area (Å²) in [5.74, 6) is 0.911. The maximum absolute atomic E-state index is 12.3. The molecule has 0 radical (unpaired) electrons. The number of ether oxygens (including phenoxy) is 2. The second-order valence-electron chi connectivity index (χ2n) is 6.93. The van der Waals surface area contributed by atoms with Crippen LogP contribution in [0.15, 0.2) is 24.3 Å². The van der Waals surface area contributed by atoms with Gasteiger partial charge in [0.1, 0.15) is 5.75 Å². The molecule has 2 amide bonds. The highest BCUT2D eigenvalue weighted by molar-refractivity contribution is 5.74. The topological polar surface area (TPSA) is 54.0 Å². The Hall–Kier alpha value is -1.95. The minimum absolute atomic E-state index is 0.0156. The van der Waals surface area contributed by atoms with Crippen molar-refractivity contribution < 1.29 is 14.3 Å². The number of hydrogen-bond donors (Lipinski definition) is 1. The molecule has 2 aliphatic heterocycles. The van der Waals surface area contributed by atoms with Gasteiger partial charge in [0.15, 0.2) is 0 Å². The SMILES string of the molecule is CC(C)Oc1ccccc1N1CCN(C(=O)NCC2CCCO2)CC1. The molecule has 138 valence electrons. The molecule has 1 N–H and O–H groups in total. The summed E-state index contributed by atoms with van der Waals surface area (Å²) in [6.07, 6.45) is 2.47. The van der Waals surface area contributed by atoms with Crippen molar-refractivity contribution in [3.8, 4) is 5.75 Å². The predicted octanol–water partition coefficient (Wildman–Crippen LogP) is 2.48. The molecular weight excluding hydrogens is 318 g/mol. The van der Waals surface area contributed by atoms with Crippen LogP contribution in [0, 0.1) is 0 Å². The number of carbonyl (C=O) groups is 1. The molecule has 0 spiro atoms. The zero-order valence-corrected chi connectivity index (χ0v) is 15.2. The third-order valence-corrected chi connectivity index (χ3v) is 4.64. The summed E-state index contributed by atoms with van der Waals surface area (Å²) < 4.78 is 11.5. The number of benzene rings is 1. The average Bonchev–Trinajstić information content (AvgIpc) is 3.13. The van der Waals surface area contributed by atoms with Crippen LogP contribution < -0.4 is 15.0 Å². The Morgan fingerprint density at radius 3 is 2.72 bits per heavy atom.